The Morgan fingerprint density at radius 3 is 2.15 bits per heavy atom. The van der Waals surface area contributed by atoms with Gasteiger partial charge in [-0.05, 0) is 24.6 Å². The standard InChI is InChI=1S/C19H22O8/c1-5-26-19-15(13(20)10-27-19)14(11-6-8-12(23-2)9-7-11)16(17(21)24-3)18(22)25-4/h6-9,14,16H,5,10H2,1-4H3. The van der Waals surface area contributed by atoms with Gasteiger partial charge >= 0.3 is 11.9 Å². The van der Waals surface area contributed by atoms with Crippen LogP contribution in [-0.2, 0) is 33.3 Å². The lowest BCUT2D eigenvalue weighted by molar-refractivity contribution is -0.159. The van der Waals surface area contributed by atoms with Crippen LogP contribution in [0.5, 0.6) is 5.75 Å². The van der Waals surface area contributed by atoms with Crippen molar-refractivity contribution in [2.45, 2.75) is 12.8 Å². The van der Waals surface area contributed by atoms with Gasteiger partial charge in [0.15, 0.2) is 12.5 Å². The van der Waals surface area contributed by atoms with Crippen molar-refractivity contribution in [2.24, 2.45) is 5.92 Å². The number of carbonyl (C=O) groups excluding carboxylic acids is 3. The van der Waals surface area contributed by atoms with Crippen LogP contribution in [0.4, 0.5) is 0 Å². The summed E-state index contributed by atoms with van der Waals surface area (Å²) in [5.74, 6) is -3.84. The molecule has 1 aliphatic heterocycles. The van der Waals surface area contributed by atoms with Crippen molar-refractivity contribution < 1.29 is 38.1 Å². The first-order chi connectivity index (χ1) is 13.0. The first-order valence-electron chi connectivity index (χ1n) is 8.31. The van der Waals surface area contributed by atoms with Crippen LogP contribution < -0.4 is 4.74 Å². The number of carbonyl (C=O) groups is 3. The molecule has 146 valence electrons. The smallest absolute Gasteiger partial charge is 0.321 e. The minimum atomic E-state index is -1.40. The van der Waals surface area contributed by atoms with Crippen LogP contribution in [0.1, 0.15) is 18.4 Å². The summed E-state index contributed by atoms with van der Waals surface area (Å²) in [5, 5.41) is 0. The third-order valence-corrected chi connectivity index (χ3v) is 4.16. The Morgan fingerprint density at radius 1 is 1.07 bits per heavy atom. The van der Waals surface area contributed by atoms with Crippen LogP contribution in [-0.4, -0.2) is 52.3 Å². The summed E-state index contributed by atoms with van der Waals surface area (Å²) in [7, 11) is 3.84. The summed E-state index contributed by atoms with van der Waals surface area (Å²) in [6.45, 7) is 1.76. The summed E-state index contributed by atoms with van der Waals surface area (Å²) in [4.78, 5) is 37.4. The minimum absolute atomic E-state index is 0.00104. The van der Waals surface area contributed by atoms with E-state index in [9.17, 15) is 14.4 Å². The zero-order valence-corrected chi connectivity index (χ0v) is 15.6. The van der Waals surface area contributed by atoms with E-state index in [1.54, 1.807) is 31.2 Å². The first kappa shape index (κ1) is 20.3. The number of methoxy groups -OCH3 is 3. The Balaban J connectivity index is 2.66. The van der Waals surface area contributed by atoms with Gasteiger partial charge in [0.05, 0.1) is 33.5 Å². The van der Waals surface area contributed by atoms with Gasteiger partial charge in [0, 0.05) is 5.92 Å². The Bertz CT molecular complexity index is 719. The van der Waals surface area contributed by atoms with E-state index in [-0.39, 0.29) is 30.5 Å². The summed E-state index contributed by atoms with van der Waals surface area (Å²) in [6, 6.07) is 6.64. The Hall–Kier alpha value is -3.03. The number of rotatable bonds is 8. The van der Waals surface area contributed by atoms with E-state index in [0.717, 1.165) is 14.2 Å². The fourth-order valence-electron chi connectivity index (χ4n) is 2.91. The molecular weight excluding hydrogens is 356 g/mol. The fraction of sp³-hybridized carbons (Fsp3) is 0.421. The minimum Gasteiger partial charge on any atom is -0.497 e. The summed E-state index contributed by atoms with van der Waals surface area (Å²) >= 11 is 0. The maximum absolute atomic E-state index is 12.5. The number of hydrogen-bond donors (Lipinski definition) is 0. The molecule has 1 aromatic carbocycles. The molecule has 1 atom stereocenters. The van der Waals surface area contributed by atoms with Crippen LogP contribution in [0, 0.1) is 5.92 Å². The number of esters is 2. The van der Waals surface area contributed by atoms with E-state index in [1.807, 2.05) is 0 Å². The van der Waals surface area contributed by atoms with Crippen LogP contribution >= 0.6 is 0 Å². The van der Waals surface area contributed by atoms with Crippen molar-refractivity contribution in [1.82, 2.24) is 0 Å². The Labute approximate surface area is 157 Å². The van der Waals surface area contributed by atoms with E-state index >= 15 is 0 Å². The monoisotopic (exact) mass is 378 g/mol. The largest absolute Gasteiger partial charge is 0.497 e. The first-order valence-corrected chi connectivity index (χ1v) is 8.31. The molecule has 1 unspecified atom stereocenters. The van der Waals surface area contributed by atoms with Crippen molar-refractivity contribution >= 4 is 17.7 Å². The van der Waals surface area contributed by atoms with Gasteiger partial charge in [-0.15, -0.1) is 0 Å². The lowest BCUT2D eigenvalue weighted by Gasteiger charge is -2.24. The molecule has 1 aliphatic rings. The lowest BCUT2D eigenvalue weighted by atomic mass is 9.79. The second-order valence-corrected chi connectivity index (χ2v) is 5.62. The van der Waals surface area contributed by atoms with Crippen molar-refractivity contribution in [3.05, 3.63) is 41.3 Å². The van der Waals surface area contributed by atoms with E-state index < -0.39 is 23.8 Å². The van der Waals surface area contributed by atoms with Crippen molar-refractivity contribution in [2.75, 3.05) is 34.5 Å². The highest BCUT2D eigenvalue weighted by Gasteiger charge is 2.46. The van der Waals surface area contributed by atoms with Gasteiger partial charge in [0.25, 0.3) is 5.95 Å². The average molecular weight is 378 g/mol. The van der Waals surface area contributed by atoms with E-state index in [4.69, 9.17) is 23.7 Å². The molecule has 8 nitrogen and oxygen atoms in total. The molecule has 0 aromatic heterocycles. The third-order valence-electron chi connectivity index (χ3n) is 4.16. The zero-order chi connectivity index (χ0) is 20.0. The van der Waals surface area contributed by atoms with Crippen LogP contribution in [0.2, 0.25) is 0 Å². The van der Waals surface area contributed by atoms with Gasteiger partial charge in [-0.25, -0.2) is 0 Å². The molecule has 2 rings (SSSR count). The molecule has 0 saturated heterocycles. The normalized spacial score (nSPS) is 14.6. The zero-order valence-electron chi connectivity index (χ0n) is 15.6. The molecule has 0 amide bonds. The quantitative estimate of drug-likeness (QED) is 0.497. The third kappa shape index (κ3) is 4.21. The molecule has 0 saturated carbocycles. The maximum Gasteiger partial charge on any atom is 0.321 e. The van der Waals surface area contributed by atoms with Gasteiger partial charge in [0.2, 0.25) is 5.78 Å². The van der Waals surface area contributed by atoms with Crippen molar-refractivity contribution in [3.8, 4) is 5.75 Å². The van der Waals surface area contributed by atoms with Gasteiger partial charge in [0.1, 0.15) is 5.75 Å². The second kappa shape index (κ2) is 9.07. The predicted octanol–water partition coefficient (Wildman–Crippen LogP) is 1.59. The summed E-state index contributed by atoms with van der Waals surface area (Å²) in [5.41, 5.74) is 0.616. The van der Waals surface area contributed by atoms with Gasteiger partial charge < -0.3 is 23.7 Å². The molecule has 0 radical (unpaired) electrons. The van der Waals surface area contributed by atoms with Crippen LogP contribution in [0.15, 0.2) is 35.8 Å². The summed E-state index contributed by atoms with van der Waals surface area (Å²) in [6.07, 6.45) is 0. The number of benzene rings is 1. The molecule has 0 N–H and O–H groups in total. The van der Waals surface area contributed by atoms with E-state index in [0.29, 0.717) is 11.3 Å². The molecule has 1 aromatic rings. The number of hydrogen-bond acceptors (Lipinski definition) is 8. The van der Waals surface area contributed by atoms with Gasteiger partial charge in [-0.2, -0.15) is 0 Å². The molecule has 1 heterocycles. The number of ether oxygens (including phenoxy) is 5. The fourth-order valence-corrected chi connectivity index (χ4v) is 2.91. The van der Waals surface area contributed by atoms with Crippen molar-refractivity contribution in [1.29, 1.82) is 0 Å². The average Bonchev–Trinajstić information content (AvgIpc) is 3.05. The molecule has 0 aliphatic carbocycles. The molecular formula is C19H22O8. The lowest BCUT2D eigenvalue weighted by Crippen LogP contribution is -2.34. The van der Waals surface area contributed by atoms with Gasteiger partial charge in [-0.3, -0.25) is 14.4 Å². The highest BCUT2D eigenvalue weighted by molar-refractivity contribution is 6.04. The maximum atomic E-state index is 12.5. The number of ketones is 1. The topological polar surface area (TPSA) is 97.4 Å². The van der Waals surface area contributed by atoms with Crippen LogP contribution in [0.25, 0.3) is 0 Å². The highest BCUT2D eigenvalue weighted by Crippen LogP contribution is 2.39. The molecule has 8 heteroatoms. The SMILES string of the molecule is CCOC1=C(C(c2ccc(OC)cc2)C(C(=O)OC)C(=O)OC)C(=O)CO1. The summed E-state index contributed by atoms with van der Waals surface area (Å²) < 4.78 is 25.5. The Kier molecular flexibility index (Phi) is 6.81. The molecule has 0 fully saturated rings. The van der Waals surface area contributed by atoms with Crippen LogP contribution in [0.3, 0.4) is 0 Å². The molecule has 0 bridgehead atoms. The predicted molar refractivity (Wildman–Crippen MR) is 92.9 cm³/mol. The number of Topliss-reactive ketones (excluding diaryl/α,β-unsaturated/α-hetero) is 1. The molecule has 27 heavy (non-hydrogen) atoms. The van der Waals surface area contributed by atoms with Crippen molar-refractivity contribution in [3.63, 3.8) is 0 Å². The highest BCUT2D eigenvalue weighted by atomic mass is 16.7. The van der Waals surface area contributed by atoms with E-state index in [1.165, 1.54) is 7.11 Å². The second-order valence-electron chi connectivity index (χ2n) is 5.62. The van der Waals surface area contributed by atoms with E-state index in [2.05, 4.69) is 0 Å². The Morgan fingerprint density at radius 2 is 1.67 bits per heavy atom. The van der Waals surface area contributed by atoms with Gasteiger partial charge in [-0.1, -0.05) is 12.1 Å². The molecule has 0 spiro atoms.